The molecule has 174 valence electrons. The normalized spacial score (nSPS) is 11.0. The number of phenols is 1. The van der Waals surface area contributed by atoms with Crippen LogP contribution in [0.4, 0.5) is 9.59 Å². The van der Waals surface area contributed by atoms with Crippen molar-refractivity contribution in [3.8, 4) is 5.75 Å². The topological polar surface area (TPSA) is 109 Å². The number of hydrogen-bond donors (Lipinski definition) is 3. The fraction of sp³-hybridized carbons (Fsp3) is 0.333. The summed E-state index contributed by atoms with van der Waals surface area (Å²) < 4.78 is 17.0. The van der Waals surface area contributed by atoms with Gasteiger partial charge in [0.1, 0.15) is 12.4 Å². The maximum absolute atomic E-state index is 12.9. The van der Waals surface area contributed by atoms with Crippen LogP contribution in [0.3, 0.4) is 0 Å². The van der Waals surface area contributed by atoms with Crippen LogP contribution in [-0.2, 0) is 27.4 Å². The summed E-state index contributed by atoms with van der Waals surface area (Å²) in [6.07, 6.45) is -0.784. The van der Waals surface area contributed by atoms with Crippen molar-refractivity contribution < 1.29 is 28.9 Å². The van der Waals surface area contributed by atoms with Crippen LogP contribution in [0, 0.1) is 7.14 Å². The van der Waals surface area contributed by atoms with Gasteiger partial charge < -0.3 is 24.6 Å². The Hall–Kier alpha value is -1.84. The lowest BCUT2D eigenvalue weighted by Crippen LogP contribution is -2.53. The first kappa shape index (κ1) is 26.4. The molecule has 2 rings (SSSR count). The number of methoxy groups -OCH3 is 2. The minimum absolute atomic E-state index is 0.0369. The summed E-state index contributed by atoms with van der Waals surface area (Å²) >= 11 is 4.01. The van der Waals surface area contributed by atoms with Gasteiger partial charge >= 0.3 is 12.1 Å². The molecule has 32 heavy (non-hydrogen) atoms. The first-order chi connectivity index (χ1) is 15.2. The minimum atomic E-state index is -1.03. The number of urea groups is 1. The van der Waals surface area contributed by atoms with Gasteiger partial charge in [-0.05, 0) is 75.4 Å². The van der Waals surface area contributed by atoms with E-state index in [0.29, 0.717) is 12.7 Å². The molecule has 0 aromatic heterocycles. The van der Waals surface area contributed by atoms with Gasteiger partial charge in [-0.3, -0.25) is 0 Å². The molecule has 9 nitrogen and oxygen atoms in total. The summed E-state index contributed by atoms with van der Waals surface area (Å²) in [6.45, 7) is 1.81. The van der Waals surface area contributed by atoms with Crippen LogP contribution < -0.4 is 10.7 Å². The zero-order valence-corrected chi connectivity index (χ0v) is 22.2. The Morgan fingerprint density at radius 1 is 1.06 bits per heavy atom. The van der Waals surface area contributed by atoms with Gasteiger partial charge in [0, 0.05) is 14.2 Å². The molecule has 2 aromatic rings. The number of nitrogens with one attached hydrogen (secondary N) is 2. The van der Waals surface area contributed by atoms with E-state index in [1.807, 2.05) is 75.5 Å². The monoisotopic (exact) mass is 669 g/mol. The van der Waals surface area contributed by atoms with Gasteiger partial charge in [0.15, 0.2) is 5.79 Å². The van der Waals surface area contributed by atoms with Crippen molar-refractivity contribution >= 4 is 57.3 Å². The zero-order valence-electron chi connectivity index (χ0n) is 17.9. The third kappa shape index (κ3) is 7.94. The van der Waals surface area contributed by atoms with Crippen molar-refractivity contribution in [1.82, 2.24) is 15.8 Å². The van der Waals surface area contributed by atoms with Crippen LogP contribution in [0.5, 0.6) is 5.75 Å². The number of halogens is 2. The van der Waals surface area contributed by atoms with Gasteiger partial charge in [-0.2, -0.15) is 0 Å². The summed E-state index contributed by atoms with van der Waals surface area (Å²) in [7, 11) is 2.93. The second-order valence-electron chi connectivity index (χ2n) is 6.87. The molecule has 0 fully saturated rings. The number of carbonyl (C=O) groups excluding carboxylic acids is 2. The van der Waals surface area contributed by atoms with Gasteiger partial charge in [0.05, 0.1) is 20.2 Å². The molecule has 0 heterocycles. The Balaban J connectivity index is 2.12. The van der Waals surface area contributed by atoms with Crippen molar-refractivity contribution in [1.29, 1.82) is 0 Å². The average Bonchev–Trinajstić information content (AvgIpc) is 2.79. The number of hydrogen-bond acceptors (Lipinski definition) is 6. The number of nitrogens with zero attached hydrogens (tertiary/aromatic N) is 1. The van der Waals surface area contributed by atoms with E-state index >= 15 is 0 Å². The van der Waals surface area contributed by atoms with Crippen molar-refractivity contribution in [2.24, 2.45) is 0 Å². The maximum Gasteiger partial charge on any atom is 0.426 e. The van der Waals surface area contributed by atoms with E-state index in [-0.39, 0.29) is 25.4 Å². The predicted molar refractivity (Wildman–Crippen MR) is 135 cm³/mol. The molecule has 2 aromatic carbocycles. The Kier molecular flexibility index (Phi) is 10.2. The van der Waals surface area contributed by atoms with Crippen LogP contribution >= 0.6 is 45.2 Å². The third-order valence-corrected chi connectivity index (χ3v) is 6.17. The Bertz CT molecular complexity index is 902. The third-order valence-electron chi connectivity index (χ3n) is 4.53. The van der Waals surface area contributed by atoms with Crippen LogP contribution in [-0.4, -0.2) is 48.8 Å². The molecule has 0 bridgehead atoms. The van der Waals surface area contributed by atoms with Crippen molar-refractivity contribution in [3.63, 3.8) is 0 Å². The van der Waals surface area contributed by atoms with Crippen molar-refractivity contribution in [3.05, 3.63) is 60.7 Å². The molecule has 0 aliphatic rings. The highest BCUT2D eigenvalue weighted by Gasteiger charge is 2.26. The lowest BCUT2D eigenvalue weighted by atomic mass is 10.2. The highest BCUT2D eigenvalue weighted by Crippen LogP contribution is 2.27. The number of aromatic hydroxyl groups is 1. The fourth-order valence-corrected chi connectivity index (χ4v) is 4.38. The zero-order chi connectivity index (χ0) is 23.7. The van der Waals surface area contributed by atoms with Crippen LogP contribution in [0.1, 0.15) is 18.1 Å². The van der Waals surface area contributed by atoms with Crippen molar-refractivity contribution in [2.75, 3.05) is 20.8 Å². The quantitative estimate of drug-likeness (QED) is 0.223. The number of amides is 3. The van der Waals surface area contributed by atoms with Gasteiger partial charge in [-0.25, -0.2) is 20.0 Å². The Morgan fingerprint density at radius 3 is 2.22 bits per heavy atom. The van der Waals surface area contributed by atoms with E-state index < -0.39 is 17.9 Å². The molecule has 3 amide bonds. The maximum atomic E-state index is 12.9. The molecule has 3 N–H and O–H groups in total. The number of benzene rings is 2. The van der Waals surface area contributed by atoms with E-state index in [1.54, 1.807) is 19.1 Å². The van der Waals surface area contributed by atoms with Gasteiger partial charge in [-0.15, -0.1) is 0 Å². The lowest BCUT2D eigenvalue weighted by molar-refractivity contribution is -0.188. The molecule has 0 saturated carbocycles. The first-order valence-electron chi connectivity index (χ1n) is 9.47. The number of phenolic OH excluding ortho intramolecular Hbond substituents is 1. The van der Waals surface area contributed by atoms with E-state index in [4.69, 9.17) is 14.2 Å². The molecule has 0 aliphatic carbocycles. The van der Waals surface area contributed by atoms with Crippen LogP contribution in [0.2, 0.25) is 0 Å². The Labute approximate surface area is 214 Å². The highest BCUT2D eigenvalue weighted by atomic mass is 127. The first-order valence-corrected chi connectivity index (χ1v) is 11.6. The molecule has 0 unspecified atom stereocenters. The second kappa shape index (κ2) is 12.4. The fourth-order valence-electron chi connectivity index (χ4n) is 2.48. The average molecular weight is 669 g/mol. The lowest BCUT2D eigenvalue weighted by Gasteiger charge is -2.29. The largest absolute Gasteiger partial charge is 0.506 e. The van der Waals surface area contributed by atoms with E-state index in [9.17, 15) is 14.7 Å². The predicted octanol–water partition coefficient (Wildman–Crippen LogP) is 3.96. The molecule has 0 radical (unpaired) electrons. The number of ether oxygens (including phenoxy) is 3. The standard InChI is InChI=1S/C21H25I2N3O6/c1-21(30-2,31-3)13-24-19(28)26(11-15-9-16(22)18(27)17(23)10-15)25-20(29)32-12-14-7-5-4-6-8-14/h4-10,27H,11-13H2,1-3H3,(H,24,28)(H,25,29). The number of carbonyl (C=O) groups is 2. The van der Waals surface area contributed by atoms with Gasteiger partial charge in [0.25, 0.3) is 0 Å². The highest BCUT2D eigenvalue weighted by molar-refractivity contribution is 14.1. The molecule has 0 spiro atoms. The van der Waals surface area contributed by atoms with E-state index in [1.165, 1.54) is 14.2 Å². The summed E-state index contributed by atoms with van der Waals surface area (Å²) in [5.41, 5.74) is 3.99. The van der Waals surface area contributed by atoms with Gasteiger partial charge in [0.2, 0.25) is 0 Å². The second-order valence-corrected chi connectivity index (χ2v) is 9.19. The molecule has 11 heteroatoms. The molecule has 0 atom stereocenters. The Morgan fingerprint density at radius 2 is 1.66 bits per heavy atom. The summed E-state index contributed by atoms with van der Waals surface area (Å²) in [4.78, 5) is 25.2. The van der Waals surface area contributed by atoms with Crippen molar-refractivity contribution in [2.45, 2.75) is 25.9 Å². The van der Waals surface area contributed by atoms with Crippen LogP contribution in [0.25, 0.3) is 0 Å². The summed E-state index contributed by atoms with van der Waals surface area (Å²) in [6, 6.07) is 12.1. The van der Waals surface area contributed by atoms with Gasteiger partial charge in [-0.1, -0.05) is 30.3 Å². The molecular formula is C21H25I2N3O6. The minimum Gasteiger partial charge on any atom is -0.506 e. The van der Waals surface area contributed by atoms with Crippen LogP contribution in [0.15, 0.2) is 42.5 Å². The van der Waals surface area contributed by atoms with E-state index in [2.05, 4.69) is 10.7 Å². The number of rotatable bonds is 8. The number of hydrazine groups is 1. The molecule has 0 aliphatic heterocycles. The smallest absolute Gasteiger partial charge is 0.426 e. The van der Waals surface area contributed by atoms with E-state index in [0.717, 1.165) is 10.6 Å². The molecule has 0 saturated heterocycles. The SMILES string of the molecule is COC(C)(CNC(=O)N(Cc1cc(I)c(O)c(I)c1)NC(=O)OCc1ccccc1)OC. The summed E-state index contributed by atoms with van der Waals surface area (Å²) in [5, 5.41) is 13.8. The molecular weight excluding hydrogens is 644 g/mol. The summed E-state index contributed by atoms with van der Waals surface area (Å²) in [5.74, 6) is -0.865.